The highest BCUT2D eigenvalue weighted by Crippen LogP contribution is 2.65. The average molecular weight is 294 g/mol. The standard InChI is InChI=1S/C18H34N2O/c1-12(2)8-13(11-19)9-16(21)20-15-10-14-6-7-18(15,5)17(14,3)4/h12-15H,6-11,19H2,1-5H3,(H,20,21). The molecule has 2 rings (SSSR count). The first-order valence-electron chi connectivity index (χ1n) is 8.70. The molecular formula is C18H34N2O. The zero-order valence-electron chi connectivity index (χ0n) is 14.5. The van der Waals surface area contributed by atoms with Gasteiger partial charge in [-0.2, -0.15) is 0 Å². The van der Waals surface area contributed by atoms with Gasteiger partial charge >= 0.3 is 0 Å². The number of rotatable bonds is 6. The Balaban J connectivity index is 1.92. The highest BCUT2D eigenvalue weighted by Gasteiger charge is 2.61. The zero-order chi connectivity index (χ0) is 15.8. The summed E-state index contributed by atoms with van der Waals surface area (Å²) in [5, 5.41) is 3.35. The van der Waals surface area contributed by atoms with Crippen LogP contribution in [0.2, 0.25) is 0 Å². The second-order valence-electron chi connectivity index (χ2n) is 8.67. The minimum atomic E-state index is 0.209. The van der Waals surface area contributed by atoms with Gasteiger partial charge in [0.25, 0.3) is 0 Å². The lowest BCUT2D eigenvalue weighted by molar-refractivity contribution is -0.123. The van der Waals surface area contributed by atoms with Crippen LogP contribution in [0.5, 0.6) is 0 Å². The normalized spacial score (nSPS) is 35.2. The number of hydrogen-bond donors (Lipinski definition) is 2. The molecule has 0 aliphatic heterocycles. The number of carbonyl (C=O) groups excluding carboxylic acids is 1. The lowest BCUT2D eigenvalue weighted by Gasteiger charge is -2.39. The van der Waals surface area contributed by atoms with Gasteiger partial charge < -0.3 is 11.1 Å². The summed E-state index contributed by atoms with van der Waals surface area (Å²) in [6.45, 7) is 12.2. The van der Waals surface area contributed by atoms with E-state index in [-0.39, 0.29) is 11.3 Å². The Morgan fingerprint density at radius 3 is 2.43 bits per heavy atom. The molecule has 4 atom stereocenters. The number of amides is 1. The molecule has 21 heavy (non-hydrogen) atoms. The number of fused-ring (bicyclic) bond motifs is 2. The van der Waals surface area contributed by atoms with Crippen LogP contribution in [0.3, 0.4) is 0 Å². The van der Waals surface area contributed by atoms with Gasteiger partial charge in [0.2, 0.25) is 5.91 Å². The Morgan fingerprint density at radius 1 is 1.33 bits per heavy atom. The summed E-state index contributed by atoms with van der Waals surface area (Å²) in [7, 11) is 0. The van der Waals surface area contributed by atoms with Crippen molar-refractivity contribution in [2.45, 2.75) is 72.8 Å². The maximum atomic E-state index is 12.4. The molecule has 122 valence electrons. The summed E-state index contributed by atoms with van der Waals surface area (Å²) in [5.41, 5.74) is 6.45. The zero-order valence-corrected chi connectivity index (χ0v) is 14.5. The third-order valence-electron chi connectivity index (χ3n) is 6.74. The molecule has 0 aromatic carbocycles. The molecule has 2 aliphatic rings. The quantitative estimate of drug-likeness (QED) is 0.789. The maximum Gasteiger partial charge on any atom is 0.220 e. The van der Waals surface area contributed by atoms with E-state index in [0.29, 0.717) is 36.3 Å². The molecule has 0 radical (unpaired) electrons. The van der Waals surface area contributed by atoms with E-state index in [1.54, 1.807) is 0 Å². The molecule has 0 aromatic rings. The predicted octanol–water partition coefficient (Wildman–Crippen LogP) is 3.33. The fraction of sp³-hybridized carbons (Fsp3) is 0.944. The molecule has 0 saturated heterocycles. The molecule has 0 aromatic heterocycles. The van der Waals surface area contributed by atoms with E-state index < -0.39 is 0 Å². The maximum absolute atomic E-state index is 12.4. The number of carbonyl (C=O) groups is 1. The van der Waals surface area contributed by atoms with Crippen molar-refractivity contribution in [2.24, 2.45) is 34.3 Å². The van der Waals surface area contributed by atoms with Crippen molar-refractivity contribution in [2.75, 3.05) is 6.54 Å². The predicted molar refractivity (Wildman–Crippen MR) is 87.8 cm³/mol. The second-order valence-corrected chi connectivity index (χ2v) is 8.67. The van der Waals surface area contributed by atoms with Crippen LogP contribution in [0.4, 0.5) is 0 Å². The van der Waals surface area contributed by atoms with Gasteiger partial charge in [-0.3, -0.25) is 4.79 Å². The van der Waals surface area contributed by atoms with Crippen molar-refractivity contribution in [3.63, 3.8) is 0 Å². The molecule has 2 aliphatic carbocycles. The van der Waals surface area contributed by atoms with Crippen molar-refractivity contribution in [1.82, 2.24) is 5.32 Å². The van der Waals surface area contributed by atoms with E-state index in [1.807, 2.05) is 0 Å². The van der Waals surface area contributed by atoms with Gasteiger partial charge in [0.15, 0.2) is 0 Å². The monoisotopic (exact) mass is 294 g/mol. The van der Waals surface area contributed by atoms with Crippen LogP contribution < -0.4 is 11.1 Å². The average Bonchev–Trinajstić information content (AvgIpc) is 2.70. The second kappa shape index (κ2) is 5.91. The third-order valence-corrected chi connectivity index (χ3v) is 6.74. The summed E-state index contributed by atoms with van der Waals surface area (Å²) in [5.74, 6) is 1.91. The third kappa shape index (κ3) is 2.99. The van der Waals surface area contributed by atoms with E-state index in [4.69, 9.17) is 5.73 Å². The van der Waals surface area contributed by atoms with Gasteiger partial charge in [-0.25, -0.2) is 0 Å². The van der Waals surface area contributed by atoms with Crippen molar-refractivity contribution in [3.05, 3.63) is 0 Å². The molecule has 0 heterocycles. The lowest BCUT2D eigenvalue weighted by atomic mass is 9.69. The Bertz CT molecular complexity index is 391. The van der Waals surface area contributed by atoms with Crippen LogP contribution in [0, 0.1) is 28.6 Å². The Kier molecular flexibility index (Phi) is 4.72. The molecule has 3 N–H and O–H groups in total. The molecule has 2 saturated carbocycles. The van der Waals surface area contributed by atoms with Gasteiger partial charge in [0.05, 0.1) is 0 Å². The SMILES string of the molecule is CC(C)CC(CN)CC(=O)NC1CC2CCC1(C)C2(C)C. The summed E-state index contributed by atoms with van der Waals surface area (Å²) in [6.07, 6.45) is 5.37. The topological polar surface area (TPSA) is 55.1 Å². The van der Waals surface area contributed by atoms with Crippen LogP contribution in [0.25, 0.3) is 0 Å². The van der Waals surface area contributed by atoms with Gasteiger partial charge in [-0.1, -0.05) is 34.6 Å². The fourth-order valence-electron chi connectivity index (χ4n) is 4.87. The van der Waals surface area contributed by atoms with Gasteiger partial charge in [0, 0.05) is 12.5 Å². The van der Waals surface area contributed by atoms with E-state index >= 15 is 0 Å². The fourth-order valence-corrected chi connectivity index (χ4v) is 4.87. The van der Waals surface area contributed by atoms with Gasteiger partial charge in [0.1, 0.15) is 0 Å². The van der Waals surface area contributed by atoms with Crippen molar-refractivity contribution in [1.29, 1.82) is 0 Å². The van der Waals surface area contributed by atoms with Gasteiger partial charge in [-0.15, -0.1) is 0 Å². The van der Waals surface area contributed by atoms with Crippen LogP contribution in [-0.4, -0.2) is 18.5 Å². The number of nitrogens with one attached hydrogen (secondary N) is 1. The first kappa shape index (κ1) is 16.8. The van der Waals surface area contributed by atoms with E-state index in [0.717, 1.165) is 18.8 Å². The smallest absolute Gasteiger partial charge is 0.220 e. The first-order chi connectivity index (χ1) is 9.70. The van der Waals surface area contributed by atoms with Crippen LogP contribution in [0.15, 0.2) is 0 Å². The number of nitrogens with two attached hydrogens (primary N) is 1. The Labute approximate surface area is 130 Å². The molecule has 0 spiro atoms. The van der Waals surface area contributed by atoms with Crippen LogP contribution in [-0.2, 0) is 4.79 Å². The van der Waals surface area contributed by atoms with Crippen molar-refractivity contribution < 1.29 is 4.79 Å². The summed E-state index contributed by atoms with van der Waals surface area (Å²) >= 11 is 0. The summed E-state index contributed by atoms with van der Waals surface area (Å²) in [4.78, 5) is 12.4. The lowest BCUT2D eigenvalue weighted by Crippen LogP contribution is -2.47. The van der Waals surface area contributed by atoms with E-state index in [1.165, 1.54) is 12.8 Å². The largest absolute Gasteiger partial charge is 0.353 e. The Morgan fingerprint density at radius 2 is 2.00 bits per heavy atom. The molecule has 1 amide bonds. The van der Waals surface area contributed by atoms with Crippen LogP contribution in [0.1, 0.15) is 66.7 Å². The Hall–Kier alpha value is -0.570. The summed E-state index contributed by atoms with van der Waals surface area (Å²) < 4.78 is 0. The minimum absolute atomic E-state index is 0.209. The molecule has 3 nitrogen and oxygen atoms in total. The molecular weight excluding hydrogens is 260 g/mol. The molecule has 3 heteroatoms. The number of hydrogen-bond acceptors (Lipinski definition) is 2. The van der Waals surface area contributed by atoms with Crippen LogP contribution >= 0.6 is 0 Å². The van der Waals surface area contributed by atoms with E-state index in [9.17, 15) is 4.79 Å². The van der Waals surface area contributed by atoms with Crippen molar-refractivity contribution >= 4 is 5.91 Å². The molecule has 2 bridgehead atoms. The molecule has 2 fully saturated rings. The first-order valence-corrected chi connectivity index (χ1v) is 8.70. The highest BCUT2D eigenvalue weighted by atomic mass is 16.1. The highest BCUT2D eigenvalue weighted by molar-refractivity contribution is 5.76. The van der Waals surface area contributed by atoms with Crippen molar-refractivity contribution in [3.8, 4) is 0 Å². The summed E-state index contributed by atoms with van der Waals surface area (Å²) in [6, 6.07) is 0.358. The molecule has 4 unspecified atom stereocenters. The minimum Gasteiger partial charge on any atom is -0.353 e. The van der Waals surface area contributed by atoms with Gasteiger partial charge in [-0.05, 0) is 60.8 Å². The van der Waals surface area contributed by atoms with E-state index in [2.05, 4.69) is 39.9 Å².